The molecule has 0 spiro atoms. The van der Waals surface area contributed by atoms with Crippen LogP contribution in [0.4, 0.5) is 140 Å². The molecule has 0 N–H and O–H groups in total. The van der Waals surface area contributed by atoms with Crippen molar-refractivity contribution in [1.82, 2.24) is 0 Å². The summed E-state index contributed by atoms with van der Waals surface area (Å²) in [5.41, 5.74) is -2.66. The Balaban J connectivity index is 0.000000174. The van der Waals surface area contributed by atoms with Gasteiger partial charge in [0.15, 0.2) is 73.4 Å². The minimum Gasteiger partial charge on any atom is -0.207 e. The summed E-state index contributed by atoms with van der Waals surface area (Å²) in [5, 5.41) is 0. The normalized spacial score (nSPS) is 12.4. The van der Waals surface area contributed by atoms with Crippen molar-refractivity contribution in [3.63, 3.8) is 0 Å². The maximum atomic E-state index is 14.0. The fourth-order valence-electron chi connectivity index (χ4n) is 14.5. The number of rotatable bonds is 22. The highest BCUT2D eigenvalue weighted by Gasteiger charge is 2.44. The molecular weight excluding hydrogens is 2070 g/mol. The molecule has 0 saturated heterocycles. The van der Waals surface area contributed by atoms with Crippen LogP contribution >= 0.6 is 0 Å². The van der Waals surface area contributed by atoms with E-state index < -0.39 is 171 Å². The van der Waals surface area contributed by atoms with Gasteiger partial charge in [0.2, 0.25) is 0 Å². The van der Waals surface area contributed by atoms with Crippen molar-refractivity contribution >= 4 is 54.5 Å². The molecule has 760 valence electrons. The van der Waals surface area contributed by atoms with Crippen molar-refractivity contribution in [3.05, 3.63) is 449 Å². The lowest BCUT2D eigenvalue weighted by Crippen LogP contribution is -2.14. The zero-order chi connectivity index (χ0) is 106. The zero-order valence-corrected chi connectivity index (χ0v) is 79.2. The third kappa shape index (κ3) is 35.3. The Morgan fingerprint density at radius 2 is 0.359 bits per heavy atom. The zero-order valence-electron chi connectivity index (χ0n) is 75.1. The molecule has 0 radical (unpaired) electrons. The van der Waals surface area contributed by atoms with Crippen molar-refractivity contribution in [2.45, 2.75) is 187 Å². The fourth-order valence-corrected chi connectivity index (χ4v) is 25.5. The third-order valence-electron chi connectivity index (χ3n) is 20.5. The van der Waals surface area contributed by atoms with Crippen LogP contribution in [0.3, 0.4) is 0 Å². The Morgan fingerprint density at radius 1 is 0.172 bits per heavy atom. The molecular formula is C108H79F32S5+5. The van der Waals surface area contributed by atoms with Crippen LogP contribution < -0.4 is 0 Å². The molecule has 0 aliphatic carbocycles. The molecule has 0 bridgehead atoms. The van der Waals surface area contributed by atoms with E-state index in [9.17, 15) is 140 Å². The Kier molecular flexibility index (Phi) is 37.4. The van der Waals surface area contributed by atoms with Gasteiger partial charge in [-0.15, -0.1) is 0 Å². The molecule has 0 aliphatic rings. The van der Waals surface area contributed by atoms with Gasteiger partial charge in [-0.2, -0.15) is 119 Å². The lowest BCUT2D eigenvalue weighted by Gasteiger charge is -2.14. The molecule has 0 aromatic heterocycles. The van der Waals surface area contributed by atoms with Gasteiger partial charge in [0, 0.05) is 55.0 Å². The van der Waals surface area contributed by atoms with Crippen LogP contribution in [-0.4, -0.2) is 37.1 Å². The van der Waals surface area contributed by atoms with Crippen molar-refractivity contribution in [3.8, 4) is 0 Å². The van der Waals surface area contributed by atoms with Crippen LogP contribution in [0, 0.1) is 24.4 Å². The van der Waals surface area contributed by atoms with Crippen molar-refractivity contribution < 1.29 is 140 Å². The van der Waals surface area contributed by atoms with Gasteiger partial charge in [-0.3, -0.25) is 0 Å². The van der Waals surface area contributed by atoms with E-state index in [0.29, 0.717) is 55.2 Å². The lowest BCUT2D eigenvalue weighted by atomic mass is 10.1. The van der Waals surface area contributed by atoms with Gasteiger partial charge in [0.25, 0.3) is 5.92 Å². The van der Waals surface area contributed by atoms with Gasteiger partial charge in [-0.1, -0.05) is 152 Å². The maximum Gasteiger partial charge on any atom is 0.416 e. The summed E-state index contributed by atoms with van der Waals surface area (Å²) in [4.78, 5) is 7.14. The van der Waals surface area contributed by atoms with Gasteiger partial charge in [0.1, 0.15) is 17.5 Å². The molecule has 0 saturated carbocycles. The van der Waals surface area contributed by atoms with E-state index in [1.54, 1.807) is 73.7 Å². The molecule has 0 heterocycles. The SMILES string of the molecule is CC(F)(F)c1cccc([S+](c2cccc(CC(F)(F)F)c2)c2cccc(CC(F)(F)F)c2)c1.Cc1ccc([S+](c2ccccc2)c2ccccc2)cc1CC(F)(F)F.FC(F)(F)Cc1cccc([S+](c2cccc(CC(F)(F)F)c2)c2cccc(CC(F)(F)F)c2)c1.FC(F)(F)c1cccc([S+](c2cccc(C(F)(F)F)c2)c2cccc(C(F)(F)F)c2)c1.Fc1cccc([S+](c2cccc(F)c2)c2cccc(F)c2)c1. The lowest BCUT2D eigenvalue weighted by molar-refractivity contribution is -0.138. The van der Waals surface area contributed by atoms with Crippen LogP contribution in [0.25, 0.3) is 0 Å². The molecule has 15 aromatic carbocycles. The predicted molar refractivity (Wildman–Crippen MR) is 495 cm³/mol. The third-order valence-corrected chi connectivity index (χ3v) is 31.4. The summed E-state index contributed by atoms with van der Waals surface area (Å²) in [5.74, 6) is -4.28. The summed E-state index contributed by atoms with van der Waals surface area (Å²) in [6, 6.07) is 88.3. The number of aryl methyl sites for hydroxylation is 1. The first kappa shape index (κ1) is 113. The first-order valence-corrected chi connectivity index (χ1v) is 48.9. The van der Waals surface area contributed by atoms with Crippen LogP contribution in [-0.2, 0) is 117 Å². The first-order valence-electron chi connectivity index (χ1n) is 42.8. The number of hydrogen-bond donors (Lipinski definition) is 0. The van der Waals surface area contributed by atoms with Gasteiger partial charge < -0.3 is 0 Å². The molecule has 37 heteroatoms. The first-order chi connectivity index (χ1) is 67.7. The molecule has 145 heavy (non-hydrogen) atoms. The second-order valence-electron chi connectivity index (χ2n) is 32.1. The van der Waals surface area contributed by atoms with Gasteiger partial charge in [0.05, 0.1) is 110 Å². The summed E-state index contributed by atoms with van der Waals surface area (Å²) < 4.78 is 420. The highest BCUT2D eigenvalue weighted by Crippen LogP contribution is 2.45. The van der Waals surface area contributed by atoms with E-state index in [4.69, 9.17) is 0 Å². The monoisotopic (exact) mass is 2140 g/mol. The second kappa shape index (κ2) is 48.0. The maximum absolute atomic E-state index is 14.0. The van der Waals surface area contributed by atoms with Gasteiger partial charge in [-0.05, 0) is 222 Å². The van der Waals surface area contributed by atoms with Crippen LogP contribution in [0.5, 0.6) is 0 Å². The number of alkyl halides is 29. The summed E-state index contributed by atoms with van der Waals surface area (Å²) in [7, 11) is -5.28. The quantitative estimate of drug-likeness (QED) is 0.0469. The van der Waals surface area contributed by atoms with Gasteiger partial charge in [-0.25, -0.2) is 22.0 Å². The van der Waals surface area contributed by atoms with Crippen molar-refractivity contribution in [2.24, 2.45) is 0 Å². The largest absolute Gasteiger partial charge is 0.416 e. The number of hydrogen-bond acceptors (Lipinski definition) is 0. The van der Waals surface area contributed by atoms with E-state index in [0.717, 1.165) is 76.2 Å². The molecule has 0 unspecified atom stereocenters. The molecule has 0 amide bonds. The molecule has 0 nitrogen and oxygen atoms in total. The van der Waals surface area contributed by atoms with Crippen molar-refractivity contribution in [1.29, 1.82) is 0 Å². The smallest absolute Gasteiger partial charge is 0.207 e. The topological polar surface area (TPSA) is 0 Å². The second-order valence-corrected chi connectivity index (χ2v) is 42.2. The average molecular weight is 2150 g/mol. The van der Waals surface area contributed by atoms with E-state index in [-0.39, 0.29) is 65.5 Å². The Morgan fingerprint density at radius 3 is 0.579 bits per heavy atom. The Bertz CT molecular complexity index is 6290. The molecule has 0 fully saturated rings. The molecule has 15 rings (SSSR count). The van der Waals surface area contributed by atoms with E-state index in [1.807, 2.05) is 66.7 Å². The minimum absolute atomic E-state index is 0.0269. The van der Waals surface area contributed by atoms with Crippen molar-refractivity contribution in [2.75, 3.05) is 0 Å². The van der Waals surface area contributed by atoms with Crippen LogP contribution in [0.15, 0.2) is 443 Å². The average Bonchev–Trinajstić information content (AvgIpc) is 0.783. The highest BCUT2D eigenvalue weighted by molar-refractivity contribution is 7.98. The molecule has 0 aliphatic heterocycles. The molecule has 15 aromatic rings. The Labute approximate surface area is 826 Å². The summed E-state index contributed by atoms with van der Waals surface area (Å²) >= 11 is 0. The standard InChI is InChI=1S/C24H18F9S.C24H19F8S.C21H12F9S.C21H18F3S.C18H12F3S/c25-22(26,27)13-16-4-1-7-19(10-16)34(20-8-2-5-17(11-20)14-23(28,29)30)21-9-3-6-18(12-21)15-24(31,32)33;1-22(25,26)18-7-4-10-21(13-18)33(19-8-2-5-16(11-19)14-23(27,28)29)20-9-3-6-17(12-20)15-24(30,31)32;22-19(23,24)13-4-1-7-16(10-13)31(17-8-2-5-14(11-17)20(25,26)27)18-9-3-6-15(12-18)21(28,29)30;1-16-12-13-20(14-17(16)15-21(22,23)24)25(18-8-4-2-5-9-18)19-10-6-3-7-11-19;19-13-4-1-7-16(10-13)22(17-8-2-5-14(20)11-17)18-9-3-6-15(21)12-18/h1-12H,13-15H2;2-13H,14-15H2,1H3;1-12H;2-14H,15H2,1H3;1-12H/q5*+1. The van der Waals surface area contributed by atoms with E-state index in [2.05, 4.69) is 0 Å². The predicted octanol–water partition coefficient (Wildman–Crippen LogP) is 35.4. The fraction of sp³-hybridized carbons (Fsp3) is 0.167. The minimum atomic E-state index is -4.73. The van der Waals surface area contributed by atoms with E-state index in [1.165, 1.54) is 182 Å². The van der Waals surface area contributed by atoms with E-state index >= 15 is 0 Å². The number of benzene rings is 15. The summed E-state index contributed by atoms with van der Waals surface area (Å²) in [6.07, 6.45) is -47.6. The highest BCUT2D eigenvalue weighted by atomic mass is 32.2. The van der Waals surface area contributed by atoms with Crippen LogP contribution in [0.2, 0.25) is 0 Å². The number of halogens is 32. The van der Waals surface area contributed by atoms with Crippen LogP contribution in [0.1, 0.15) is 68.1 Å². The summed E-state index contributed by atoms with van der Waals surface area (Å²) in [6.45, 7) is 2.45. The van der Waals surface area contributed by atoms with Gasteiger partial charge >= 0.3 is 55.6 Å². The Hall–Kier alpha value is -12.2. The molecule has 0 atom stereocenters.